The number of halogens is 3. The van der Waals surface area contributed by atoms with Crippen molar-refractivity contribution in [2.75, 3.05) is 0 Å². The Kier molecular flexibility index (Phi) is 4.21. The van der Waals surface area contributed by atoms with Crippen LogP contribution in [0.5, 0.6) is 0 Å². The fourth-order valence-corrected chi connectivity index (χ4v) is 2.95. The van der Waals surface area contributed by atoms with Gasteiger partial charge in [-0.05, 0) is 17.7 Å². The number of rotatable bonds is 3. The fraction of sp³-hybridized carbons (Fsp3) is 0.214. The second-order valence-corrected chi connectivity index (χ2v) is 7.09. The number of nitrogens with zero attached hydrogens (tertiary/aromatic N) is 4. The van der Waals surface area contributed by atoms with Crippen molar-refractivity contribution in [1.82, 2.24) is 19.7 Å². The first-order chi connectivity index (χ1) is 12.0. The maximum Gasteiger partial charge on any atom is 0.451 e. The molecule has 26 heavy (non-hydrogen) atoms. The van der Waals surface area contributed by atoms with Crippen molar-refractivity contribution < 1.29 is 21.6 Å². The highest BCUT2D eigenvalue weighted by Crippen LogP contribution is 2.31. The minimum Gasteiger partial charge on any atom is -0.319 e. The molecule has 12 heteroatoms. The lowest BCUT2D eigenvalue weighted by atomic mass is 10.0. The highest BCUT2D eigenvalue weighted by Gasteiger charge is 2.36. The minimum absolute atomic E-state index is 0.0149. The predicted octanol–water partition coefficient (Wildman–Crippen LogP) is 1.08. The first-order valence-corrected chi connectivity index (χ1v) is 8.68. The van der Waals surface area contributed by atoms with Crippen LogP contribution < -0.4 is 10.9 Å². The molecule has 0 aliphatic heterocycles. The molecule has 8 nitrogen and oxygen atoms in total. The molecule has 4 N–H and O–H groups in total. The summed E-state index contributed by atoms with van der Waals surface area (Å²) in [4.78, 5) is 6.94. The maximum atomic E-state index is 13.1. The van der Waals surface area contributed by atoms with Gasteiger partial charge < -0.3 is 5.73 Å². The van der Waals surface area contributed by atoms with E-state index in [4.69, 9.17) is 10.9 Å². The Hall–Kier alpha value is -2.57. The van der Waals surface area contributed by atoms with E-state index in [2.05, 4.69) is 15.1 Å². The highest BCUT2D eigenvalue weighted by atomic mass is 32.2. The van der Waals surface area contributed by atoms with Gasteiger partial charge in [0.1, 0.15) is 0 Å². The van der Waals surface area contributed by atoms with Crippen molar-refractivity contribution in [3.05, 3.63) is 47.5 Å². The Morgan fingerprint density at radius 3 is 2.31 bits per heavy atom. The lowest BCUT2D eigenvalue weighted by Gasteiger charge is -2.15. The summed E-state index contributed by atoms with van der Waals surface area (Å²) in [6, 6.07) is 4.11. The third-order valence-electron chi connectivity index (χ3n) is 3.74. The summed E-state index contributed by atoms with van der Waals surface area (Å²) < 4.78 is 63.1. The number of aromatic nitrogens is 4. The second kappa shape index (κ2) is 6.00. The molecule has 0 aliphatic rings. The van der Waals surface area contributed by atoms with Gasteiger partial charge >= 0.3 is 6.18 Å². The zero-order valence-corrected chi connectivity index (χ0v) is 14.1. The van der Waals surface area contributed by atoms with Crippen molar-refractivity contribution >= 4 is 21.1 Å². The third-order valence-corrected chi connectivity index (χ3v) is 4.67. The van der Waals surface area contributed by atoms with Crippen molar-refractivity contribution in [3.63, 3.8) is 0 Å². The average Bonchev–Trinajstić information content (AvgIpc) is 2.93. The lowest BCUT2D eigenvalue weighted by Crippen LogP contribution is -2.19. The van der Waals surface area contributed by atoms with Crippen LogP contribution in [-0.2, 0) is 23.2 Å². The fourth-order valence-electron chi connectivity index (χ4n) is 2.43. The van der Waals surface area contributed by atoms with Gasteiger partial charge in [0.25, 0.3) is 0 Å². The number of sulfonamides is 1. The van der Waals surface area contributed by atoms with Crippen molar-refractivity contribution in [2.45, 2.75) is 17.1 Å². The lowest BCUT2D eigenvalue weighted by molar-refractivity contribution is -0.144. The van der Waals surface area contributed by atoms with Crippen molar-refractivity contribution in [3.8, 4) is 0 Å². The maximum absolute atomic E-state index is 13.1. The van der Waals surface area contributed by atoms with Gasteiger partial charge in [0.2, 0.25) is 15.8 Å². The molecule has 138 valence electrons. The van der Waals surface area contributed by atoms with E-state index >= 15 is 0 Å². The predicted molar refractivity (Wildman–Crippen MR) is 85.2 cm³/mol. The molecule has 1 aromatic carbocycles. The van der Waals surface area contributed by atoms with Crippen LogP contribution in [0.2, 0.25) is 0 Å². The molecule has 2 heterocycles. The highest BCUT2D eigenvalue weighted by molar-refractivity contribution is 7.89. The number of hydrogen-bond acceptors (Lipinski definition) is 6. The number of alkyl halides is 3. The smallest absolute Gasteiger partial charge is 0.319 e. The van der Waals surface area contributed by atoms with E-state index in [1.165, 1.54) is 42.2 Å². The van der Waals surface area contributed by atoms with Gasteiger partial charge in [0.15, 0.2) is 5.65 Å². The number of primary sulfonamides is 1. The SMILES string of the molecule is Cn1ncc2c(C(N)c3ccc(S(N)(=O)=O)cc3)nc(C(F)(F)F)nc21. The average molecular weight is 386 g/mol. The van der Waals surface area contributed by atoms with Crippen LogP contribution >= 0.6 is 0 Å². The molecule has 0 aliphatic carbocycles. The molecule has 0 bridgehead atoms. The summed E-state index contributed by atoms with van der Waals surface area (Å²) >= 11 is 0. The zero-order chi connectivity index (χ0) is 19.3. The van der Waals surface area contributed by atoms with Gasteiger partial charge in [-0.1, -0.05) is 12.1 Å². The first kappa shape index (κ1) is 18.2. The Balaban J connectivity index is 2.14. The summed E-state index contributed by atoms with van der Waals surface area (Å²) in [5.74, 6) is -1.33. The Morgan fingerprint density at radius 1 is 1.15 bits per heavy atom. The summed E-state index contributed by atoms with van der Waals surface area (Å²) in [6.07, 6.45) is -3.44. The van der Waals surface area contributed by atoms with Crippen LogP contribution in [0.1, 0.15) is 23.1 Å². The normalized spacial score (nSPS) is 13.9. The van der Waals surface area contributed by atoms with Crippen LogP contribution in [0, 0.1) is 0 Å². The van der Waals surface area contributed by atoms with E-state index in [-0.39, 0.29) is 21.6 Å². The zero-order valence-electron chi connectivity index (χ0n) is 13.3. The molecule has 1 unspecified atom stereocenters. The number of fused-ring (bicyclic) bond motifs is 1. The number of hydrogen-bond donors (Lipinski definition) is 2. The van der Waals surface area contributed by atoms with Crippen molar-refractivity contribution in [2.24, 2.45) is 17.9 Å². The summed E-state index contributed by atoms with van der Waals surface area (Å²) in [7, 11) is -2.45. The van der Waals surface area contributed by atoms with Crippen LogP contribution in [-0.4, -0.2) is 28.2 Å². The van der Waals surface area contributed by atoms with E-state index in [1.807, 2.05) is 0 Å². The number of benzene rings is 1. The standard InChI is InChI=1S/C14H13F3N6O2S/c1-23-12-9(6-20-23)11(21-13(22-12)14(15,16)17)10(18)7-2-4-8(5-3-7)26(19,24)25/h2-6,10H,18H2,1H3,(H2,19,24,25). The molecule has 0 radical (unpaired) electrons. The van der Waals surface area contributed by atoms with Crippen molar-refractivity contribution in [1.29, 1.82) is 0 Å². The summed E-state index contributed by atoms with van der Waals surface area (Å²) in [6.45, 7) is 0. The van der Waals surface area contributed by atoms with Crippen LogP contribution in [0.15, 0.2) is 35.4 Å². The van der Waals surface area contributed by atoms with E-state index in [0.717, 1.165) is 0 Å². The van der Waals surface area contributed by atoms with E-state index < -0.39 is 28.1 Å². The van der Waals surface area contributed by atoms with Crippen LogP contribution in [0.4, 0.5) is 13.2 Å². The molecule has 0 fully saturated rings. The van der Waals surface area contributed by atoms with Gasteiger partial charge in [0, 0.05) is 7.05 Å². The van der Waals surface area contributed by atoms with E-state index in [0.29, 0.717) is 5.56 Å². The molecule has 0 saturated heterocycles. The molecular formula is C14H13F3N6O2S. The molecule has 3 rings (SSSR count). The van der Waals surface area contributed by atoms with Crippen LogP contribution in [0.25, 0.3) is 11.0 Å². The van der Waals surface area contributed by atoms with Crippen LogP contribution in [0.3, 0.4) is 0 Å². The quantitative estimate of drug-likeness (QED) is 0.693. The van der Waals surface area contributed by atoms with Gasteiger partial charge in [-0.25, -0.2) is 23.5 Å². The first-order valence-electron chi connectivity index (χ1n) is 7.13. The topological polar surface area (TPSA) is 130 Å². The summed E-state index contributed by atoms with van der Waals surface area (Å²) in [5.41, 5.74) is 6.36. The Labute approximate surface area is 145 Å². The van der Waals surface area contributed by atoms with E-state index in [9.17, 15) is 21.6 Å². The Bertz CT molecular complexity index is 1080. The molecule has 0 spiro atoms. The molecule has 0 amide bonds. The molecule has 0 saturated carbocycles. The minimum atomic E-state index is -4.76. The molecular weight excluding hydrogens is 373 g/mol. The molecule has 3 aromatic rings. The second-order valence-electron chi connectivity index (χ2n) is 5.53. The largest absolute Gasteiger partial charge is 0.451 e. The Morgan fingerprint density at radius 2 is 1.77 bits per heavy atom. The molecule has 1 atom stereocenters. The number of aryl methyl sites for hydroxylation is 1. The molecule has 2 aromatic heterocycles. The third kappa shape index (κ3) is 3.25. The monoisotopic (exact) mass is 386 g/mol. The summed E-state index contributed by atoms with van der Waals surface area (Å²) in [5, 5.41) is 9.19. The van der Waals surface area contributed by atoms with Gasteiger partial charge in [-0.3, -0.25) is 4.68 Å². The van der Waals surface area contributed by atoms with Gasteiger partial charge in [0.05, 0.1) is 28.2 Å². The van der Waals surface area contributed by atoms with E-state index in [1.54, 1.807) is 0 Å². The number of nitrogens with two attached hydrogens (primary N) is 2. The van der Waals surface area contributed by atoms with Gasteiger partial charge in [-0.2, -0.15) is 18.3 Å². The van der Waals surface area contributed by atoms with Gasteiger partial charge in [-0.15, -0.1) is 0 Å².